The number of aromatic nitrogens is 4. The van der Waals surface area contributed by atoms with Gasteiger partial charge in [0, 0.05) is 55.7 Å². The standard InChI is InChI=1S/C22H26N6O2/c1-6-25-22(26-7-1)27-16-2-4-18(5-3-16)30-20-15-17(28-10-12-29-13-11-28)14-19-21(20)24-9-8-23-19/h1,6-9,14-16,18H,2-5,10-13H2,(H,25,26,27). The average Bonchev–Trinajstić information content (AvgIpc) is 2.81. The van der Waals surface area contributed by atoms with Crippen molar-refractivity contribution in [3.8, 4) is 5.75 Å². The van der Waals surface area contributed by atoms with E-state index in [-0.39, 0.29) is 6.10 Å². The van der Waals surface area contributed by atoms with Gasteiger partial charge in [0.25, 0.3) is 0 Å². The van der Waals surface area contributed by atoms with Gasteiger partial charge in [-0.05, 0) is 37.8 Å². The van der Waals surface area contributed by atoms with E-state index < -0.39 is 0 Å². The molecule has 0 radical (unpaired) electrons. The summed E-state index contributed by atoms with van der Waals surface area (Å²) in [5.41, 5.74) is 2.82. The molecule has 8 heteroatoms. The summed E-state index contributed by atoms with van der Waals surface area (Å²) in [7, 11) is 0. The fourth-order valence-corrected chi connectivity index (χ4v) is 4.18. The Balaban J connectivity index is 1.29. The molecule has 1 saturated heterocycles. The number of hydrogen-bond donors (Lipinski definition) is 1. The van der Waals surface area contributed by atoms with Crippen LogP contribution < -0.4 is 15.0 Å². The van der Waals surface area contributed by atoms with Gasteiger partial charge in [0.05, 0.1) is 24.8 Å². The van der Waals surface area contributed by atoms with E-state index in [2.05, 4.69) is 42.3 Å². The van der Waals surface area contributed by atoms with Crippen LogP contribution in [0.4, 0.5) is 11.6 Å². The highest BCUT2D eigenvalue weighted by Gasteiger charge is 2.24. The van der Waals surface area contributed by atoms with Crippen LogP contribution >= 0.6 is 0 Å². The van der Waals surface area contributed by atoms with Crippen molar-refractivity contribution < 1.29 is 9.47 Å². The molecule has 1 N–H and O–H groups in total. The minimum atomic E-state index is 0.171. The summed E-state index contributed by atoms with van der Waals surface area (Å²) in [5.74, 6) is 1.52. The fourth-order valence-electron chi connectivity index (χ4n) is 4.18. The van der Waals surface area contributed by atoms with Gasteiger partial charge in [-0.3, -0.25) is 4.98 Å². The first-order valence-electron chi connectivity index (χ1n) is 10.6. The minimum Gasteiger partial charge on any atom is -0.488 e. The van der Waals surface area contributed by atoms with Gasteiger partial charge in [-0.1, -0.05) is 0 Å². The first-order valence-corrected chi connectivity index (χ1v) is 10.6. The smallest absolute Gasteiger partial charge is 0.222 e. The third-order valence-corrected chi connectivity index (χ3v) is 5.77. The fraction of sp³-hybridized carbons (Fsp3) is 0.455. The number of hydrogen-bond acceptors (Lipinski definition) is 8. The SMILES string of the molecule is c1cnc(NC2CCC(Oc3cc(N4CCOCC4)cc4nccnc34)CC2)nc1. The zero-order valence-corrected chi connectivity index (χ0v) is 16.9. The number of rotatable bonds is 5. The summed E-state index contributed by atoms with van der Waals surface area (Å²) in [4.78, 5) is 19.9. The first kappa shape index (κ1) is 19.0. The average molecular weight is 406 g/mol. The predicted octanol–water partition coefficient (Wildman–Crippen LogP) is 3.06. The van der Waals surface area contributed by atoms with E-state index in [1.54, 1.807) is 24.8 Å². The van der Waals surface area contributed by atoms with Crippen molar-refractivity contribution in [1.29, 1.82) is 0 Å². The van der Waals surface area contributed by atoms with Crippen molar-refractivity contribution in [3.63, 3.8) is 0 Å². The van der Waals surface area contributed by atoms with Crippen LogP contribution in [0.25, 0.3) is 11.0 Å². The van der Waals surface area contributed by atoms with Crippen LogP contribution in [0.1, 0.15) is 25.7 Å². The van der Waals surface area contributed by atoms with Crippen molar-refractivity contribution in [1.82, 2.24) is 19.9 Å². The Hall–Kier alpha value is -3.00. The number of nitrogens with zero attached hydrogens (tertiary/aromatic N) is 5. The molecule has 156 valence electrons. The molecule has 0 spiro atoms. The molecular weight excluding hydrogens is 380 g/mol. The third kappa shape index (κ3) is 4.28. The number of nitrogens with one attached hydrogen (secondary N) is 1. The molecule has 0 atom stereocenters. The monoisotopic (exact) mass is 406 g/mol. The highest BCUT2D eigenvalue weighted by Crippen LogP contribution is 2.33. The summed E-state index contributed by atoms with van der Waals surface area (Å²) < 4.78 is 12.0. The topological polar surface area (TPSA) is 85.3 Å². The number of benzene rings is 1. The number of fused-ring (bicyclic) bond motifs is 1. The molecule has 0 bridgehead atoms. The van der Waals surface area contributed by atoms with Crippen LogP contribution in [0.5, 0.6) is 5.75 Å². The molecule has 2 aliphatic rings. The molecule has 5 rings (SSSR count). The second-order valence-corrected chi connectivity index (χ2v) is 7.78. The zero-order valence-electron chi connectivity index (χ0n) is 16.9. The van der Waals surface area contributed by atoms with Crippen LogP contribution in [0.2, 0.25) is 0 Å². The second-order valence-electron chi connectivity index (χ2n) is 7.78. The lowest BCUT2D eigenvalue weighted by molar-refractivity contribution is 0.122. The number of morpholine rings is 1. The summed E-state index contributed by atoms with van der Waals surface area (Å²) in [5, 5.41) is 3.43. The largest absolute Gasteiger partial charge is 0.488 e. The molecule has 8 nitrogen and oxygen atoms in total. The maximum absolute atomic E-state index is 6.48. The van der Waals surface area contributed by atoms with Crippen LogP contribution in [-0.4, -0.2) is 58.4 Å². The van der Waals surface area contributed by atoms with Gasteiger partial charge < -0.3 is 19.7 Å². The van der Waals surface area contributed by atoms with E-state index in [1.165, 1.54) is 0 Å². The molecular formula is C22H26N6O2. The van der Waals surface area contributed by atoms with Gasteiger partial charge in [0.15, 0.2) is 0 Å². The minimum absolute atomic E-state index is 0.171. The van der Waals surface area contributed by atoms with E-state index in [0.717, 1.165) is 74.5 Å². The van der Waals surface area contributed by atoms with E-state index in [0.29, 0.717) is 12.0 Å². The van der Waals surface area contributed by atoms with Gasteiger partial charge in [0.2, 0.25) is 5.95 Å². The lowest BCUT2D eigenvalue weighted by Crippen LogP contribution is -2.36. The molecule has 2 fully saturated rings. The summed E-state index contributed by atoms with van der Waals surface area (Å²) in [6.45, 7) is 3.25. The normalized spacial score (nSPS) is 22.1. The van der Waals surface area contributed by atoms with E-state index in [1.807, 2.05) is 6.07 Å². The Kier molecular flexibility index (Phi) is 5.56. The van der Waals surface area contributed by atoms with Crippen LogP contribution in [0.15, 0.2) is 43.0 Å². The van der Waals surface area contributed by atoms with Gasteiger partial charge in [-0.15, -0.1) is 0 Å². The molecule has 30 heavy (non-hydrogen) atoms. The van der Waals surface area contributed by atoms with Crippen LogP contribution in [-0.2, 0) is 4.74 Å². The maximum atomic E-state index is 6.48. The third-order valence-electron chi connectivity index (χ3n) is 5.77. The van der Waals surface area contributed by atoms with Crippen molar-refractivity contribution in [2.24, 2.45) is 0 Å². The van der Waals surface area contributed by atoms with Crippen molar-refractivity contribution >= 4 is 22.7 Å². The Morgan fingerprint density at radius 2 is 1.67 bits per heavy atom. The van der Waals surface area contributed by atoms with Gasteiger partial charge >= 0.3 is 0 Å². The Labute approximate surface area is 175 Å². The molecule has 3 aromatic rings. The number of anilines is 2. The van der Waals surface area contributed by atoms with Gasteiger partial charge in [-0.25, -0.2) is 15.0 Å². The van der Waals surface area contributed by atoms with E-state index >= 15 is 0 Å². The predicted molar refractivity (Wildman–Crippen MR) is 115 cm³/mol. The van der Waals surface area contributed by atoms with Crippen molar-refractivity contribution in [2.75, 3.05) is 36.5 Å². The molecule has 0 amide bonds. The number of ether oxygens (including phenoxy) is 2. The summed E-state index contributed by atoms with van der Waals surface area (Å²) in [6.07, 6.45) is 11.2. The van der Waals surface area contributed by atoms with E-state index in [9.17, 15) is 0 Å². The Morgan fingerprint density at radius 1 is 0.900 bits per heavy atom. The molecule has 2 aromatic heterocycles. The molecule has 1 aliphatic heterocycles. The Morgan fingerprint density at radius 3 is 2.47 bits per heavy atom. The second kappa shape index (κ2) is 8.79. The lowest BCUT2D eigenvalue weighted by Gasteiger charge is -2.31. The zero-order chi connectivity index (χ0) is 20.2. The summed E-state index contributed by atoms with van der Waals surface area (Å²) >= 11 is 0. The molecule has 0 unspecified atom stereocenters. The van der Waals surface area contributed by atoms with Gasteiger partial charge in [0.1, 0.15) is 11.3 Å². The molecule has 3 heterocycles. The molecule has 1 aliphatic carbocycles. The quantitative estimate of drug-likeness (QED) is 0.692. The lowest BCUT2D eigenvalue weighted by atomic mass is 9.93. The molecule has 1 aromatic carbocycles. The summed E-state index contributed by atoms with van der Waals surface area (Å²) in [6, 6.07) is 6.42. The van der Waals surface area contributed by atoms with Crippen molar-refractivity contribution in [3.05, 3.63) is 43.0 Å². The van der Waals surface area contributed by atoms with Crippen LogP contribution in [0, 0.1) is 0 Å². The Bertz CT molecular complexity index is 972. The molecule has 1 saturated carbocycles. The van der Waals surface area contributed by atoms with Crippen molar-refractivity contribution in [2.45, 2.75) is 37.8 Å². The maximum Gasteiger partial charge on any atom is 0.222 e. The highest BCUT2D eigenvalue weighted by atomic mass is 16.5. The van der Waals surface area contributed by atoms with Gasteiger partial charge in [-0.2, -0.15) is 0 Å². The first-order chi connectivity index (χ1) is 14.8. The highest BCUT2D eigenvalue weighted by molar-refractivity contribution is 5.85. The van der Waals surface area contributed by atoms with E-state index in [4.69, 9.17) is 9.47 Å². The van der Waals surface area contributed by atoms with Crippen LogP contribution in [0.3, 0.4) is 0 Å².